The van der Waals surface area contributed by atoms with Gasteiger partial charge in [0.05, 0.1) is 19.9 Å². The molecule has 1 unspecified atom stereocenters. The monoisotopic (exact) mass is 273 g/mol. The molecule has 0 amide bonds. The summed E-state index contributed by atoms with van der Waals surface area (Å²) >= 11 is 0. The predicted molar refractivity (Wildman–Crippen MR) is 80.8 cm³/mol. The maximum Gasteiger partial charge on any atom is 0.118 e. The average Bonchev–Trinajstić information content (AvgIpc) is 3.01. The van der Waals surface area contributed by atoms with Crippen LogP contribution in [0.3, 0.4) is 0 Å². The van der Waals surface area contributed by atoms with Crippen LogP contribution in [0.5, 0.6) is 5.75 Å². The van der Waals surface area contributed by atoms with Crippen molar-refractivity contribution in [3.05, 3.63) is 54.0 Å². The van der Waals surface area contributed by atoms with Gasteiger partial charge in [-0.1, -0.05) is 31.9 Å². The van der Waals surface area contributed by atoms with Crippen molar-refractivity contribution in [2.24, 2.45) is 0 Å². The fourth-order valence-electron chi connectivity index (χ4n) is 2.27. The summed E-state index contributed by atoms with van der Waals surface area (Å²) in [4.78, 5) is 0. The number of furan rings is 1. The van der Waals surface area contributed by atoms with Crippen molar-refractivity contribution < 1.29 is 9.15 Å². The Morgan fingerprint density at radius 3 is 2.60 bits per heavy atom. The molecule has 0 aliphatic heterocycles. The molecule has 1 aromatic carbocycles. The molecular weight excluding hydrogens is 250 g/mol. The van der Waals surface area contributed by atoms with Crippen molar-refractivity contribution in [1.82, 2.24) is 5.32 Å². The summed E-state index contributed by atoms with van der Waals surface area (Å²) < 4.78 is 10.6. The van der Waals surface area contributed by atoms with Crippen LogP contribution in [0, 0.1) is 0 Å². The third kappa shape index (κ3) is 4.14. The molecule has 1 N–H and O–H groups in total. The lowest BCUT2D eigenvalue weighted by molar-refractivity contribution is 0.412. The number of nitrogens with one attached hydrogen (secondary N) is 1. The molecule has 1 heterocycles. The first-order valence-electron chi connectivity index (χ1n) is 7.23. The fourth-order valence-corrected chi connectivity index (χ4v) is 2.27. The zero-order chi connectivity index (χ0) is 14.2. The molecule has 3 heteroatoms. The molecule has 0 spiro atoms. The van der Waals surface area contributed by atoms with E-state index in [1.54, 1.807) is 13.4 Å². The molecule has 0 radical (unpaired) electrons. The molecule has 20 heavy (non-hydrogen) atoms. The van der Waals surface area contributed by atoms with Crippen LogP contribution >= 0.6 is 0 Å². The number of rotatable bonds is 8. The molecule has 0 aliphatic rings. The summed E-state index contributed by atoms with van der Waals surface area (Å²) in [5.74, 6) is 1.87. The van der Waals surface area contributed by atoms with Crippen LogP contribution in [-0.4, -0.2) is 7.11 Å². The third-order valence-corrected chi connectivity index (χ3v) is 3.47. The van der Waals surface area contributed by atoms with Gasteiger partial charge in [0, 0.05) is 6.04 Å². The minimum Gasteiger partial charge on any atom is -0.497 e. The lowest BCUT2D eigenvalue weighted by Gasteiger charge is -2.19. The molecule has 0 saturated carbocycles. The topological polar surface area (TPSA) is 34.4 Å². The Balaban J connectivity index is 2.01. The molecule has 1 aromatic heterocycles. The van der Waals surface area contributed by atoms with Gasteiger partial charge in [0.1, 0.15) is 11.5 Å². The molecule has 3 nitrogen and oxygen atoms in total. The summed E-state index contributed by atoms with van der Waals surface area (Å²) in [5.41, 5.74) is 1.30. The second kappa shape index (κ2) is 7.75. The van der Waals surface area contributed by atoms with Crippen LogP contribution in [0.25, 0.3) is 0 Å². The number of ether oxygens (including phenoxy) is 1. The Kier molecular flexibility index (Phi) is 5.69. The van der Waals surface area contributed by atoms with Gasteiger partial charge in [0.15, 0.2) is 0 Å². The Morgan fingerprint density at radius 2 is 2.00 bits per heavy atom. The third-order valence-electron chi connectivity index (χ3n) is 3.47. The van der Waals surface area contributed by atoms with E-state index in [1.807, 2.05) is 24.3 Å². The van der Waals surface area contributed by atoms with Gasteiger partial charge >= 0.3 is 0 Å². The normalized spacial score (nSPS) is 12.3. The lowest BCUT2D eigenvalue weighted by atomic mass is 10.0. The quantitative estimate of drug-likeness (QED) is 0.778. The van der Waals surface area contributed by atoms with E-state index < -0.39 is 0 Å². The largest absolute Gasteiger partial charge is 0.497 e. The smallest absolute Gasteiger partial charge is 0.118 e. The van der Waals surface area contributed by atoms with Gasteiger partial charge in [-0.25, -0.2) is 0 Å². The van der Waals surface area contributed by atoms with Gasteiger partial charge in [-0.15, -0.1) is 0 Å². The Morgan fingerprint density at radius 1 is 1.20 bits per heavy atom. The maximum atomic E-state index is 5.38. The van der Waals surface area contributed by atoms with Crippen LogP contribution < -0.4 is 10.1 Å². The van der Waals surface area contributed by atoms with Crippen molar-refractivity contribution in [1.29, 1.82) is 0 Å². The highest BCUT2D eigenvalue weighted by Crippen LogP contribution is 2.22. The van der Waals surface area contributed by atoms with Gasteiger partial charge in [-0.3, -0.25) is 0 Å². The predicted octanol–water partition coefficient (Wildman–Crippen LogP) is 4.31. The zero-order valence-corrected chi connectivity index (χ0v) is 12.3. The summed E-state index contributed by atoms with van der Waals surface area (Å²) in [6.07, 6.45) is 5.26. The van der Waals surface area contributed by atoms with Crippen molar-refractivity contribution >= 4 is 0 Å². The van der Waals surface area contributed by atoms with Gasteiger partial charge in [0.2, 0.25) is 0 Å². The highest BCUT2D eigenvalue weighted by atomic mass is 16.5. The minimum absolute atomic E-state index is 0.353. The molecule has 0 saturated heterocycles. The fraction of sp³-hybridized carbons (Fsp3) is 0.412. The number of hydrogen-bond donors (Lipinski definition) is 1. The zero-order valence-electron chi connectivity index (χ0n) is 12.3. The van der Waals surface area contributed by atoms with E-state index >= 15 is 0 Å². The van der Waals surface area contributed by atoms with E-state index in [-0.39, 0.29) is 0 Å². The molecule has 2 rings (SSSR count). The van der Waals surface area contributed by atoms with E-state index in [9.17, 15) is 0 Å². The first-order valence-corrected chi connectivity index (χ1v) is 7.23. The molecule has 0 aliphatic carbocycles. The summed E-state index contributed by atoms with van der Waals surface area (Å²) in [7, 11) is 1.69. The van der Waals surface area contributed by atoms with E-state index in [0.717, 1.165) is 24.5 Å². The van der Waals surface area contributed by atoms with E-state index in [2.05, 4.69) is 24.4 Å². The SMILES string of the molecule is CCCCC(NCc1ccco1)c1ccc(OC)cc1. The van der Waals surface area contributed by atoms with Crippen molar-refractivity contribution in [3.63, 3.8) is 0 Å². The van der Waals surface area contributed by atoms with E-state index in [0.29, 0.717) is 6.04 Å². The molecule has 0 bridgehead atoms. The van der Waals surface area contributed by atoms with E-state index in [4.69, 9.17) is 9.15 Å². The van der Waals surface area contributed by atoms with Crippen molar-refractivity contribution in [2.75, 3.05) is 7.11 Å². The van der Waals surface area contributed by atoms with E-state index in [1.165, 1.54) is 18.4 Å². The first kappa shape index (κ1) is 14.7. The maximum absolute atomic E-state index is 5.38. The Hall–Kier alpha value is -1.74. The average molecular weight is 273 g/mol. The van der Waals surface area contributed by atoms with Crippen molar-refractivity contribution in [3.8, 4) is 5.75 Å². The number of benzene rings is 1. The molecule has 0 fully saturated rings. The first-order chi connectivity index (χ1) is 9.83. The van der Waals surface area contributed by atoms with Gasteiger partial charge in [-0.05, 0) is 36.2 Å². The van der Waals surface area contributed by atoms with Crippen LogP contribution in [0.15, 0.2) is 47.1 Å². The standard InChI is InChI=1S/C17H23NO2/c1-3-4-7-17(18-13-16-6-5-12-20-16)14-8-10-15(19-2)11-9-14/h5-6,8-12,17-18H,3-4,7,13H2,1-2H3. The summed E-state index contributed by atoms with van der Waals surface area (Å²) in [6.45, 7) is 2.98. The van der Waals surface area contributed by atoms with Gasteiger partial charge < -0.3 is 14.5 Å². The molecular formula is C17H23NO2. The second-order valence-corrected chi connectivity index (χ2v) is 4.93. The lowest BCUT2D eigenvalue weighted by Crippen LogP contribution is -2.20. The number of methoxy groups -OCH3 is 1. The highest BCUT2D eigenvalue weighted by Gasteiger charge is 2.11. The summed E-state index contributed by atoms with van der Waals surface area (Å²) in [6, 6.07) is 12.6. The van der Waals surface area contributed by atoms with Crippen LogP contribution in [0.4, 0.5) is 0 Å². The van der Waals surface area contributed by atoms with Crippen molar-refractivity contribution in [2.45, 2.75) is 38.8 Å². The molecule has 1 atom stereocenters. The number of hydrogen-bond acceptors (Lipinski definition) is 3. The minimum atomic E-state index is 0.353. The van der Waals surface area contributed by atoms with Gasteiger partial charge in [-0.2, -0.15) is 0 Å². The highest BCUT2D eigenvalue weighted by molar-refractivity contribution is 5.29. The Bertz CT molecular complexity index is 476. The second-order valence-electron chi connectivity index (χ2n) is 4.93. The molecule has 108 valence electrons. The van der Waals surface area contributed by atoms with Crippen LogP contribution in [0.1, 0.15) is 43.6 Å². The number of unbranched alkanes of at least 4 members (excludes halogenated alkanes) is 1. The van der Waals surface area contributed by atoms with Crippen LogP contribution in [-0.2, 0) is 6.54 Å². The Labute approximate surface area is 121 Å². The summed E-state index contributed by atoms with van der Waals surface area (Å²) in [5, 5.41) is 3.58. The molecule has 2 aromatic rings. The van der Waals surface area contributed by atoms with Gasteiger partial charge in [0.25, 0.3) is 0 Å². The van der Waals surface area contributed by atoms with Crippen LogP contribution in [0.2, 0.25) is 0 Å².